The molecule has 1 aliphatic rings. The number of carboxylic acid groups (broad SMARTS) is 2. The first kappa shape index (κ1) is 34.5. The minimum Gasteiger partial charge on any atom is -0.475 e. The normalized spacial score (nSPS) is 15.4. The smallest absolute Gasteiger partial charge is 0.475 e. The summed E-state index contributed by atoms with van der Waals surface area (Å²) in [7, 11) is 2.11. The van der Waals surface area contributed by atoms with Gasteiger partial charge in [0.05, 0.1) is 30.0 Å². The van der Waals surface area contributed by atoms with Crippen LogP contribution in [0.3, 0.4) is 0 Å². The van der Waals surface area contributed by atoms with Gasteiger partial charge in [-0.3, -0.25) is 14.7 Å². The number of hydrogen-bond acceptors (Lipinski definition) is 6. The van der Waals surface area contributed by atoms with Crippen LogP contribution in [0.4, 0.5) is 26.3 Å². The number of aliphatic carboxylic acids is 2. The number of hydrogen-bond donors (Lipinski definition) is 2. The number of pyridine rings is 2. The third-order valence-corrected chi connectivity index (χ3v) is 6.56. The third kappa shape index (κ3) is 9.76. The van der Waals surface area contributed by atoms with Crippen molar-refractivity contribution in [3.8, 4) is 11.1 Å². The standard InChI is InChI=1S/C25H25N5O.2C2HF3O2/c1-28-12-13-29(24(31)14-19-6-3-2-4-7-19)17-23(28)25-22-10-9-21(16-30(22)18-27-25)20-8-5-11-26-15-20;2*3-2(4,5)1(6)7/h2-11,15-16,18,23H,12-14,17H2,1H3;2*(H,6,7). The van der Waals surface area contributed by atoms with Crippen molar-refractivity contribution in [2.75, 3.05) is 26.7 Å². The Bertz CT molecular complexity index is 1570. The maximum Gasteiger partial charge on any atom is 0.490 e. The van der Waals surface area contributed by atoms with Crippen molar-refractivity contribution in [1.29, 1.82) is 0 Å². The van der Waals surface area contributed by atoms with Gasteiger partial charge >= 0.3 is 24.3 Å². The molecule has 1 fully saturated rings. The summed E-state index contributed by atoms with van der Waals surface area (Å²) in [6.07, 6.45) is -2.13. The maximum absolute atomic E-state index is 12.9. The average molecular weight is 640 g/mol. The number of amides is 1. The quantitative estimate of drug-likeness (QED) is 0.307. The van der Waals surface area contributed by atoms with E-state index in [1.165, 1.54) is 0 Å². The molecular weight excluding hydrogens is 612 g/mol. The molecule has 16 heteroatoms. The van der Waals surface area contributed by atoms with Gasteiger partial charge in [0.2, 0.25) is 5.91 Å². The van der Waals surface area contributed by atoms with Gasteiger partial charge in [-0.2, -0.15) is 26.3 Å². The van der Waals surface area contributed by atoms with E-state index in [0.29, 0.717) is 13.0 Å². The fraction of sp³-hybridized carbons (Fsp3) is 0.276. The Morgan fingerprint density at radius 2 is 1.49 bits per heavy atom. The van der Waals surface area contributed by atoms with E-state index in [2.05, 4.69) is 45.7 Å². The number of aromatic nitrogens is 3. The van der Waals surface area contributed by atoms with Gasteiger partial charge in [0, 0.05) is 43.8 Å². The van der Waals surface area contributed by atoms with Gasteiger partial charge in [0.15, 0.2) is 0 Å². The number of fused-ring (bicyclic) bond motifs is 1. The summed E-state index contributed by atoms with van der Waals surface area (Å²) in [5, 5.41) is 14.2. The fourth-order valence-electron chi connectivity index (χ4n) is 4.26. The topological polar surface area (TPSA) is 128 Å². The molecule has 1 unspecified atom stereocenters. The van der Waals surface area contributed by atoms with Crippen LogP contribution in [0.2, 0.25) is 0 Å². The van der Waals surface area contributed by atoms with Gasteiger partial charge < -0.3 is 19.5 Å². The zero-order valence-corrected chi connectivity index (χ0v) is 23.5. The highest BCUT2D eigenvalue weighted by Gasteiger charge is 2.39. The summed E-state index contributed by atoms with van der Waals surface area (Å²) in [5.74, 6) is -5.34. The average Bonchev–Trinajstić information content (AvgIpc) is 3.41. The molecule has 0 spiro atoms. The Balaban J connectivity index is 0.000000331. The number of nitrogens with zero attached hydrogens (tertiary/aromatic N) is 5. The van der Waals surface area contributed by atoms with E-state index in [4.69, 9.17) is 24.8 Å². The predicted molar refractivity (Wildman–Crippen MR) is 148 cm³/mol. The number of carboxylic acids is 2. The number of likely N-dealkylation sites (N-methyl/N-ethyl adjacent to an activating group) is 1. The molecule has 45 heavy (non-hydrogen) atoms. The Morgan fingerprint density at radius 1 is 0.867 bits per heavy atom. The maximum atomic E-state index is 12.9. The van der Waals surface area contributed by atoms with Crippen molar-refractivity contribution < 1.29 is 50.9 Å². The molecule has 2 N–H and O–H groups in total. The summed E-state index contributed by atoms with van der Waals surface area (Å²) in [4.78, 5) is 44.0. The van der Waals surface area contributed by atoms with Crippen LogP contribution >= 0.6 is 0 Å². The van der Waals surface area contributed by atoms with E-state index in [-0.39, 0.29) is 11.9 Å². The highest BCUT2D eigenvalue weighted by molar-refractivity contribution is 5.79. The van der Waals surface area contributed by atoms with E-state index in [1.54, 1.807) is 6.20 Å². The number of piperazine rings is 1. The van der Waals surface area contributed by atoms with Gasteiger partial charge in [-0.25, -0.2) is 14.6 Å². The Kier molecular flexibility index (Phi) is 11.2. The van der Waals surface area contributed by atoms with Crippen LogP contribution in [0, 0.1) is 0 Å². The van der Waals surface area contributed by atoms with E-state index in [1.807, 2.05) is 53.8 Å². The lowest BCUT2D eigenvalue weighted by molar-refractivity contribution is -0.193. The van der Waals surface area contributed by atoms with Gasteiger partial charge in [0.25, 0.3) is 0 Å². The Morgan fingerprint density at radius 3 is 2.04 bits per heavy atom. The number of halogens is 6. The first-order chi connectivity index (χ1) is 21.1. The van der Waals surface area contributed by atoms with Gasteiger partial charge in [0.1, 0.15) is 0 Å². The van der Waals surface area contributed by atoms with Crippen molar-refractivity contribution in [2.24, 2.45) is 0 Å². The second-order valence-corrected chi connectivity index (χ2v) is 9.69. The van der Waals surface area contributed by atoms with Crippen LogP contribution < -0.4 is 0 Å². The molecule has 0 bridgehead atoms. The van der Waals surface area contributed by atoms with Crippen LogP contribution in [0.5, 0.6) is 0 Å². The molecule has 3 aromatic heterocycles. The Labute approximate surface area is 252 Å². The second-order valence-electron chi connectivity index (χ2n) is 9.69. The minimum atomic E-state index is -5.08. The van der Waals surface area contributed by atoms with Crippen molar-refractivity contribution in [1.82, 2.24) is 24.2 Å². The molecule has 1 saturated heterocycles. The van der Waals surface area contributed by atoms with Gasteiger partial charge in [-0.15, -0.1) is 0 Å². The zero-order chi connectivity index (χ0) is 33.4. The van der Waals surface area contributed by atoms with E-state index in [0.717, 1.165) is 41.0 Å². The highest BCUT2D eigenvalue weighted by Crippen LogP contribution is 2.28. The fourth-order valence-corrected chi connectivity index (χ4v) is 4.26. The number of alkyl halides is 6. The molecular formula is C29H27F6N5O5. The number of carbonyl (C=O) groups is 3. The van der Waals surface area contributed by atoms with Crippen LogP contribution in [-0.2, 0) is 20.8 Å². The minimum absolute atomic E-state index is 0.0720. The number of imidazole rings is 1. The lowest BCUT2D eigenvalue weighted by Gasteiger charge is -2.39. The number of carbonyl (C=O) groups excluding carboxylic acids is 1. The van der Waals surface area contributed by atoms with Gasteiger partial charge in [-0.1, -0.05) is 42.5 Å². The van der Waals surface area contributed by atoms with Crippen molar-refractivity contribution in [3.05, 3.63) is 90.8 Å². The van der Waals surface area contributed by atoms with Crippen molar-refractivity contribution in [2.45, 2.75) is 24.8 Å². The molecule has 1 aromatic carbocycles. The molecule has 0 saturated carbocycles. The lowest BCUT2D eigenvalue weighted by Crippen LogP contribution is -2.49. The van der Waals surface area contributed by atoms with Crippen LogP contribution in [0.25, 0.3) is 16.6 Å². The first-order valence-electron chi connectivity index (χ1n) is 13.1. The zero-order valence-electron chi connectivity index (χ0n) is 23.5. The molecule has 5 rings (SSSR count). The lowest BCUT2D eigenvalue weighted by atomic mass is 10.1. The largest absolute Gasteiger partial charge is 0.490 e. The Hall–Kier alpha value is -4.99. The van der Waals surface area contributed by atoms with Crippen LogP contribution in [0.15, 0.2) is 79.5 Å². The molecule has 10 nitrogen and oxygen atoms in total. The molecule has 240 valence electrons. The molecule has 1 aliphatic heterocycles. The summed E-state index contributed by atoms with van der Waals surface area (Å²) < 4.78 is 65.5. The molecule has 0 radical (unpaired) electrons. The monoisotopic (exact) mass is 639 g/mol. The summed E-state index contributed by atoms with van der Waals surface area (Å²) >= 11 is 0. The van der Waals surface area contributed by atoms with Gasteiger partial charge in [-0.05, 0) is 30.3 Å². The van der Waals surface area contributed by atoms with E-state index >= 15 is 0 Å². The third-order valence-electron chi connectivity index (χ3n) is 6.56. The molecule has 1 atom stereocenters. The summed E-state index contributed by atoms with van der Waals surface area (Å²) in [5.41, 5.74) is 5.31. The first-order valence-corrected chi connectivity index (χ1v) is 13.1. The second kappa shape index (κ2) is 14.7. The molecule has 4 aromatic rings. The van der Waals surface area contributed by atoms with Crippen LogP contribution in [-0.4, -0.2) is 91.3 Å². The summed E-state index contributed by atoms with van der Waals surface area (Å²) in [6, 6.07) is 18.2. The van der Waals surface area contributed by atoms with Crippen molar-refractivity contribution >= 4 is 23.4 Å². The summed E-state index contributed by atoms with van der Waals surface area (Å²) in [6.45, 7) is 2.23. The molecule has 1 amide bonds. The van der Waals surface area contributed by atoms with E-state index in [9.17, 15) is 31.1 Å². The molecule has 4 heterocycles. The number of benzene rings is 1. The van der Waals surface area contributed by atoms with Crippen LogP contribution in [0.1, 0.15) is 17.3 Å². The predicted octanol–water partition coefficient (Wildman–Crippen LogP) is 4.72. The number of rotatable bonds is 4. The SMILES string of the molecule is CN1CCN(C(=O)Cc2ccccc2)CC1c1ncn2cc(-c3cccnc3)ccc12.O=C(O)C(F)(F)F.O=C(O)C(F)(F)F. The highest BCUT2D eigenvalue weighted by atomic mass is 19.4. The molecule has 0 aliphatic carbocycles. The van der Waals surface area contributed by atoms with Crippen molar-refractivity contribution in [3.63, 3.8) is 0 Å². The van der Waals surface area contributed by atoms with E-state index < -0.39 is 24.3 Å².